The van der Waals surface area contributed by atoms with Crippen LogP contribution in [0.2, 0.25) is 0 Å². The second kappa shape index (κ2) is 7.65. The maximum absolute atomic E-state index is 10.4. The Kier molecular flexibility index (Phi) is 4.91. The van der Waals surface area contributed by atoms with Crippen molar-refractivity contribution < 1.29 is 5.11 Å². The third kappa shape index (κ3) is 3.32. The lowest BCUT2D eigenvalue weighted by Gasteiger charge is -2.27. The summed E-state index contributed by atoms with van der Waals surface area (Å²) in [6.45, 7) is 0. The summed E-state index contributed by atoms with van der Waals surface area (Å²) < 4.78 is 5.26. The molecular weight excluding hydrogens is 349 g/mol. The number of hydrogen-bond acceptors (Lipinski definition) is 2. The Balaban J connectivity index is 2.15. The fraction of sp³-hybridized carbons (Fsp3) is 0. The van der Waals surface area contributed by atoms with Crippen LogP contribution in [0.4, 0.5) is 5.69 Å². The first-order valence-corrected chi connectivity index (χ1v) is 10.6. The molecule has 0 amide bonds. The smallest absolute Gasteiger partial charge is 0.141 e. The van der Waals surface area contributed by atoms with Crippen molar-refractivity contribution in [1.29, 1.82) is 0 Å². The van der Waals surface area contributed by atoms with E-state index in [9.17, 15) is 5.11 Å². The van der Waals surface area contributed by atoms with Crippen LogP contribution in [0.3, 0.4) is 0 Å². The van der Waals surface area contributed by atoms with E-state index in [-0.39, 0.29) is 5.75 Å². The molecule has 4 aromatic rings. The predicted molar refractivity (Wildman–Crippen MR) is 115 cm³/mol. The first-order chi connectivity index (χ1) is 13.3. The first kappa shape index (κ1) is 17.3. The fourth-order valence-corrected chi connectivity index (χ4v) is 6.81. The number of hydrogen-bond donors (Lipinski definition) is 1. The van der Waals surface area contributed by atoms with E-state index in [0.29, 0.717) is 5.69 Å². The van der Waals surface area contributed by atoms with Crippen LogP contribution in [-0.4, -0.2) is 5.11 Å². The minimum atomic E-state index is -2.34. The van der Waals surface area contributed by atoms with Gasteiger partial charge in [-0.3, -0.25) is 0 Å². The van der Waals surface area contributed by atoms with Crippen molar-refractivity contribution in [1.82, 2.24) is 0 Å². The first-order valence-electron chi connectivity index (χ1n) is 8.88. The molecule has 3 heteroatoms. The summed E-state index contributed by atoms with van der Waals surface area (Å²) in [5.41, 5.74) is 0.613. The molecule has 132 valence electrons. The van der Waals surface area contributed by atoms with Gasteiger partial charge < -0.3 is 5.11 Å². The monoisotopic (exact) mass is 369 g/mol. The van der Waals surface area contributed by atoms with Gasteiger partial charge in [0, 0.05) is 15.9 Å². The van der Waals surface area contributed by atoms with E-state index in [1.54, 1.807) is 6.07 Å². The number of benzene rings is 4. The highest BCUT2D eigenvalue weighted by atomic mass is 31.2. The van der Waals surface area contributed by atoms with Crippen molar-refractivity contribution in [2.75, 3.05) is 0 Å². The Morgan fingerprint density at radius 2 is 0.852 bits per heavy atom. The molecule has 0 unspecified atom stereocenters. The average molecular weight is 369 g/mol. The summed E-state index contributed by atoms with van der Waals surface area (Å²) in [5.74, 6) is 0.199. The number of nitrogens with zero attached hydrogens (tertiary/aromatic N) is 1. The van der Waals surface area contributed by atoms with Crippen LogP contribution in [0.15, 0.2) is 120 Å². The van der Waals surface area contributed by atoms with Crippen molar-refractivity contribution in [2.24, 2.45) is 4.74 Å². The molecule has 0 spiro atoms. The minimum Gasteiger partial charge on any atom is -0.506 e. The van der Waals surface area contributed by atoms with E-state index in [1.807, 2.05) is 36.4 Å². The van der Waals surface area contributed by atoms with Gasteiger partial charge in [0.25, 0.3) is 0 Å². The van der Waals surface area contributed by atoms with Crippen LogP contribution in [-0.2, 0) is 0 Å². The molecule has 0 radical (unpaired) electrons. The van der Waals surface area contributed by atoms with Crippen LogP contribution in [0, 0.1) is 0 Å². The van der Waals surface area contributed by atoms with E-state index in [0.717, 1.165) is 15.9 Å². The zero-order valence-corrected chi connectivity index (χ0v) is 15.7. The summed E-state index contributed by atoms with van der Waals surface area (Å²) in [5, 5.41) is 13.9. The summed E-state index contributed by atoms with van der Waals surface area (Å²) in [6.07, 6.45) is 0. The van der Waals surface area contributed by atoms with E-state index < -0.39 is 7.05 Å². The van der Waals surface area contributed by atoms with Gasteiger partial charge in [-0.25, -0.2) is 4.74 Å². The van der Waals surface area contributed by atoms with Gasteiger partial charge in [-0.15, -0.1) is 0 Å². The van der Waals surface area contributed by atoms with Crippen molar-refractivity contribution in [3.63, 3.8) is 0 Å². The maximum atomic E-state index is 10.4. The molecule has 2 nitrogen and oxygen atoms in total. The SMILES string of the molecule is Oc1ccccc1N=P(c1ccccc1)(c1ccccc1)c1ccccc1. The summed E-state index contributed by atoms with van der Waals surface area (Å²) in [4.78, 5) is 0. The molecular formula is C24H20NOP. The normalized spacial score (nSPS) is 11.1. The average Bonchev–Trinajstić information content (AvgIpc) is 2.75. The van der Waals surface area contributed by atoms with E-state index >= 15 is 0 Å². The molecule has 4 rings (SSSR count). The highest BCUT2D eigenvalue weighted by Gasteiger charge is 2.27. The van der Waals surface area contributed by atoms with Crippen LogP contribution in [0.25, 0.3) is 0 Å². The summed E-state index contributed by atoms with van der Waals surface area (Å²) >= 11 is 0. The van der Waals surface area contributed by atoms with E-state index in [2.05, 4.69) is 72.8 Å². The Labute approximate surface area is 159 Å². The van der Waals surface area contributed by atoms with Gasteiger partial charge in [0.2, 0.25) is 0 Å². The van der Waals surface area contributed by atoms with Gasteiger partial charge in [-0.2, -0.15) is 0 Å². The number of phenolic OH excluding ortho intramolecular Hbond substituents is 1. The third-order valence-electron chi connectivity index (χ3n) is 4.53. The van der Waals surface area contributed by atoms with Gasteiger partial charge >= 0.3 is 0 Å². The lowest BCUT2D eigenvalue weighted by atomic mass is 10.3. The Morgan fingerprint density at radius 3 is 1.26 bits per heavy atom. The largest absolute Gasteiger partial charge is 0.506 e. The third-order valence-corrected chi connectivity index (χ3v) is 8.18. The minimum absolute atomic E-state index is 0.199. The molecule has 0 aliphatic carbocycles. The molecule has 1 N–H and O–H groups in total. The van der Waals surface area contributed by atoms with Crippen LogP contribution in [0.1, 0.15) is 0 Å². The molecule has 0 aromatic heterocycles. The van der Waals surface area contributed by atoms with Crippen LogP contribution < -0.4 is 15.9 Å². The van der Waals surface area contributed by atoms with Gasteiger partial charge in [0.05, 0.1) is 7.05 Å². The van der Waals surface area contributed by atoms with Gasteiger partial charge in [-0.05, 0) is 12.1 Å². The number of aromatic hydroxyl groups is 1. The highest BCUT2D eigenvalue weighted by Crippen LogP contribution is 2.50. The second-order valence-corrected chi connectivity index (χ2v) is 9.25. The summed E-state index contributed by atoms with van der Waals surface area (Å²) in [7, 11) is -2.34. The molecule has 0 heterocycles. The Morgan fingerprint density at radius 1 is 0.481 bits per heavy atom. The van der Waals surface area contributed by atoms with Crippen LogP contribution in [0.5, 0.6) is 5.75 Å². The summed E-state index contributed by atoms with van der Waals surface area (Å²) in [6, 6.07) is 38.5. The molecule has 4 aromatic carbocycles. The molecule has 0 saturated carbocycles. The predicted octanol–water partition coefficient (Wildman–Crippen LogP) is 5.20. The molecule has 0 fully saturated rings. The molecule has 0 aliphatic rings. The van der Waals surface area contributed by atoms with Crippen LogP contribution >= 0.6 is 7.05 Å². The number of para-hydroxylation sites is 1. The Bertz CT molecular complexity index is 973. The molecule has 0 bridgehead atoms. The topological polar surface area (TPSA) is 32.6 Å². The van der Waals surface area contributed by atoms with Gasteiger partial charge in [0.1, 0.15) is 11.4 Å². The molecule has 0 saturated heterocycles. The standard InChI is InChI=1S/C24H20NOP/c26-24-19-11-10-18-23(24)25-27(20-12-4-1-5-13-20,21-14-6-2-7-15-21)22-16-8-3-9-17-22/h1-19,26H. The fourth-order valence-electron chi connectivity index (χ4n) is 3.26. The lowest BCUT2D eigenvalue weighted by Crippen LogP contribution is -2.25. The van der Waals surface area contributed by atoms with Crippen molar-refractivity contribution >= 4 is 28.7 Å². The van der Waals surface area contributed by atoms with Gasteiger partial charge in [0.15, 0.2) is 0 Å². The number of phenols is 1. The second-order valence-electron chi connectivity index (χ2n) is 6.23. The number of rotatable bonds is 4. The van der Waals surface area contributed by atoms with E-state index in [1.165, 1.54) is 0 Å². The zero-order valence-electron chi connectivity index (χ0n) is 14.8. The van der Waals surface area contributed by atoms with Crippen molar-refractivity contribution in [2.45, 2.75) is 0 Å². The van der Waals surface area contributed by atoms with Crippen molar-refractivity contribution in [3.05, 3.63) is 115 Å². The van der Waals surface area contributed by atoms with Gasteiger partial charge in [-0.1, -0.05) is 103 Å². The zero-order chi connectivity index (χ0) is 18.5. The Hall–Kier alpha value is -3.09. The molecule has 0 atom stereocenters. The molecule has 27 heavy (non-hydrogen) atoms. The maximum Gasteiger partial charge on any atom is 0.141 e. The molecule has 0 aliphatic heterocycles. The lowest BCUT2D eigenvalue weighted by molar-refractivity contribution is 0.477. The highest BCUT2D eigenvalue weighted by molar-refractivity contribution is 7.87. The van der Waals surface area contributed by atoms with E-state index in [4.69, 9.17) is 4.74 Å². The van der Waals surface area contributed by atoms with Crippen molar-refractivity contribution in [3.8, 4) is 5.75 Å². The quantitative estimate of drug-likeness (QED) is 0.493.